The number of methoxy groups -OCH3 is 1. The van der Waals surface area contributed by atoms with Crippen LogP contribution in [0, 0.1) is 6.92 Å². The number of allylic oxidation sites excluding steroid dienone is 2. The number of aryl methyl sites for hydroxylation is 1. The van der Waals surface area contributed by atoms with Crippen LogP contribution in [-0.4, -0.2) is 79.9 Å². The molecule has 4 aliphatic rings. The number of pyridine rings is 1. The lowest BCUT2D eigenvalue weighted by Gasteiger charge is -2.44. The van der Waals surface area contributed by atoms with Crippen molar-refractivity contribution in [3.05, 3.63) is 96.1 Å². The summed E-state index contributed by atoms with van der Waals surface area (Å²) in [5.74, 6) is 0.0914. The lowest BCUT2D eigenvalue weighted by atomic mass is 9.77. The van der Waals surface area contributed by atoms with Crippen molar-refractivity contribution in [1.29, 1.82) is 0 Å². The highest BCUT2D eigenvalue weighted by Gasteiger charge is 2.65. The minimum atomic E-state index is -1.19. The number of anilines is 1. The predicted molar refractivity (Wildman–Crippen MR) is 170 cm³/mol. The van der Waals surface area contributed by atoms with Gasteiger partial charge in [-0.15, -0.1) is 0 Å². The van der Waals surface area contributed by atoms with E-state index in [4.69, 9.17) is 4.74 Å². The van der Waals surface area contributed by atoms with Gasteiger partial charge in [-0.05, 0) is 49.0 Å². The summed E-state index contributed by atoms with van der Waals surface area (Å²) in [4.78, 5) is 60.7. The van der Waals surface area contributed by atoms with Crippen LogP contribution in [0.15, 0.2) is 79.3 Å². The maximum absolute atomic E-state index is 15.0. The molecule has 1 spiro atoms. The van der Waals surface area contributed by atoms with Crippen molar-refractivity contribution in [1.82, 2.24) is 35.6 Å². The van der Waals surface area contributed by atoms with Crippen molar-refractivity contribution >= 4 is 29.2 Å². The summed E-state index contributed by atoms with van der Waals surface area (Å²) >= 11 is 0. The third-order valence-corrected chi connectivity index (χ3v) is 9.75. The Labute approximate surface area is 267 Å². The van der Waals surface area contributed by atoms with Crippen LogP contribution in [0.1, 0.15) is 42.5 Å². The molecule has 46 heavy (non-hydrogen) atoms. The van der Waals surface area contributed by atoms with Crippen LogP contribution < -0.4 is 20.5 Å². The zero-order chi connectivity index (χ0) is 31.9. The van der Waals surface area contributed by atoms with Crippen molar-refractivity contribution in [2.24, 2.45) is 0 Å². The van der Waals surface area contributed by atoms with Crippen molar-refractivity contribution < 1.29 is 19.1 Å². The van der Waals surface area contributed by atoms with Crippen molar-refractivity contribution in [2.45, 2.75) is 56.3 Å². The van der Waals surface area contributed by atoms with Gasteiger partial charge in [0.05, 0.1) is 24.4 Å². The number of hydrazine groups is 1. The first-order chi connectivity index (χ1) is 22.3. The number of nitrogens with zero attached hydrogens (tertiary/aromatic N) is 6. The van der Waals surface area contributed by atoms with E-state index in [9.17, 15) is 9.59 Å². The molecule has 4 amide bonds. The smallest absolute Gasteiger partial charge is 0.334 e. The number of rotatable bonds is 7. The van der Waals surface area contributed by atoms with Gasteiger partial charge < -0.3 is 4.74 Å². The summed E-state index contributed by atoms with van der Waals surface area (Å²) < 4.78 is 5.38. The fourth-order valence-electron chi connectivity index (χ4n) is 7.16. The molecule has 0 radical (unpaired) electrons. The zero-order valence-corrected chi connectivity index (χ0v) is 25.8. The van der Waals surface area contributed by atoms with Gasteiger partial charge in [-0.25, -0.2) is 25.1 Å². The van der Waals surface area contributed by atoms with Gasteiger partial charge in [-0.3, -0.25) is 29.8 Å². The molecule has 2 atom stereocenters. The second kappa shape index (κ2) is 11.8. The molecule has 5 heterocycles. The van der Waals surface area contributed by atoms with Crippen molar-refractivity contribution in [3.63, 3.8) is 0 Å². The second-order valence-electron chi connectivity index (χ2n) is 12.3. The maximum atomic E-state index is 15.0. The standard InChI is InChI=1S/C34H36N8O4/c1-23-7-6-16-35-26(23)21-40-17-14-34(15-18-40)31(44)42(32(45)41(34)28-20-30(46-2)37-22-36-28)33(27-19-29(43)39-38-27)12-10-25(11-13-33)24-8-4-3-5-9-24/h3-12,16,20,22,27,38H,13-15,17-19,21H2,1-2H3,(H,39,43). The van der Waals surface area contributed by atoms with Gasteiger partial charge in [0.25, 0.3) is 5.91 Å². The van der Waals surface area contributed by atoms with E-state index in [1.165, 1.54) is 18.3 Å². The molecule has 1 aromatic carbocycles. The number of hydrogen-bond donors (Lipinski definition) is 2. The molecule has 2 aromatic heterocycles. The molecular weight excluding hydrogens is 584 g/mol. The van der Waals surface area contributed by atoms with Crippen LogP contribution in [0.5, 0.6) is 5.88 Å². The number of carbonyl (C=O) groups is 3. The van der Waals surface area contributed by atoms with E-state index in [0.29, 0.717) is 44.7 Å². The summed E-state index contributed by atoms with van der Waals surface area (Å²) in [5, 5.41) is 0. The van der Waals surface area contributed by atoms with Crippen LogP contribution in [0.4, 0.5) is 10.6 Å². The van der Waals surface area contributed by atoms with E-state index >= 15 is 4.79 Å². The highest BCUT2D eigenvalue weighted by Crippen LogP contribution is 2.47. The van der Waals surface area contributed by atoms with Crippen LogP contribution in [0.25, 0.3) is 5.57 Å². The van der Waals surface area contributed by atoms with Gasteiger partial charge >= 0.3 is 6.03 Å². The summed E-state index contributed by atoms with van der Waals surface area (Å²) in [7, 11) is 1.50. The Morgan fingerprint density at radius 3 is 2.48 bits per heavy atom. The molecule has 3 fully saturated rings. The number of urea groups is 1. The van der Waals surface area contributed by atoms with E-state index < -0.39 is 23.2 Å². The normalized spacial score (nSPS) is 24.4. The molecule has 1 aliphatic carbocycles. The predicted octanol–water partition coefficient (Wildman–Crippen LogP) is 3.17. The van der Waals surface area contributed by atoms with Crippen LogP contribution >= 0.6 is 0 Å². The first-order valence-electron chi connectivity index (χ1n) is 15.5. The Hall–Kier alpha value is -4.94. The van der Waals surface area contributed by atoms with E-state index in [1.54, 1.807) is 17.2 Å². The van der Waals surface area contributed by atoms with E-state index in [1.807, 2.05) is 67.6 Å². The monoisotopic (exact) mass is 620 g/mol. The van der Waals surface area contributed by atoms with Gasteiger partial charge in [0.1, 0.15) is 17.7 Å². The number of imide groups is 1. The number of benzene rings is 1. The molecule has 3 aliphatic heterocycles. The van der Waals surface area contributed by atoms with E-state index in [0.717, 1.165) is 22.4 Å². The SMILES string of the molecule is COc1cc(N2C(=O)N(C3(C4CC(=O)NN4)C=CC(c4ccccc4)=CC3)C(=O)C23CCN(Cc2ncccc2C)CC3)ncn1. The van der Waals surface area contributed by atoms with Gasteiger partial charge in [0.2, 0.25) is 11.8 Å². The molecule has 7 rings (SSSR count). The number of piperidine rings is 1. The molecule has 0 saturated carbocycles. The molecule has 3 saturated heterocycles. The van der Waals surface area contributed by atoms with E-state index in [-0.39, 0.29) is 24.1 Å². The molecule has 0 bridgehead atoms. The average Bonchev–Trinajstić information content (AvgIpc) is 3.62. The fourth-order valence-corrected chi connectivity index (χ4v) is 7.16. The first kappa shape index (κ1) is 29.8. The maximum Gasteiger partial charge on any atom is 0.334 e. The van der Waals surface area contributed by atoms with Crippen molar-refractivity contribution in [2.75, 3.05) is 25.1 Å². The largest absolute Gasteiger partial charge is 0.481 e. The van der Waals surface area contributed by atoms with Crippen LogP contribution in [0.2, 0.25) is 0 Å². The molecule has 236 valence electrons. The third-order valence-electron chi connectivity index (χ3n) is 9.75. The first-order valence-corrected chi connectivity index (χ1v) is 15.5. The highest BCUT2D eigenvalue weighted by atomic mass is 16.5. The minimum Gasteiger partial charge on any atom is -0.481 e. The summed E-state index contributed by atoms with van der Waals surface area (Å²) in [6, 6.07) is 14.5. The van der Waals surface area contributed by atoms with Crippen LogP contribution in [-0.2, 0) is 16.1 Å². The summed E-state index contributed by atoms with van der Waals surface area (Å²) in [5.41, 5.74) is 7.56. The number of nitrogens with one attached hydrogen (secondary N) is 2. The fraction of sp³-hybridized carbons (Fsp3) is 0.353. The Kier molecular flexibility index (Phi) is 7.61. The molecular formula is C34H36N8O4. The number of likely N-dealkylation sites (tertiary alicyclic amines) is 1. The van der Waals surface area contributed by atoms with E-state index in [2.05, 4.69) is 30.7 Å². The topological polar surface area (TPSA) is 133 Å². The number of ether oxygens (including phenoxy) is 1. The molecule has 12 nitrogen and oxygen atoms in total. The van der Waals surface area contributed by atoms with Gasteiger partial charge in [0, 0.05) is 38.3 Å². The Bertz CT molecular complexity index is 1740. The second-order valence-corrected chi connectivity index (χ2v) is 12.3. The van der Waals surface area contributed by atoms with Gasteiger partial charge in [-0.1, -0.05) is 54.6 Å². The Morgan fingerprint density at radius 1 is 1.00 bits per heavy atom. The Balaban J connectivity index is 1.27. The number of hydrogen-bond acceptors (Lipinski definition) is 9. The summed E-state index contributed by atoms with van der Waals surface area (Å²) in [6.07, 6.45) is 10.3. The zero-order valence-electron chi connectivity index (χ0n) is 25.8. The van der Waals surface area contributed by atoms with Crippen LogP contribution in [0.3, 0.4) is 0 Å². The minimum absolute atomic E-state index is 0.113. The number of amides is 4. The molecule has 2 N–H and O–H groups in total. The molecule has 3 aromatic rings. The molecule has 12 heteroatoms. The van der Waals surface area contributed by atoms with Gasteiger partial charge in [-0.2, -0.15) is 0 Å². The average molecular weight is 621 g/mol. The van der Waals surface area contributed by atoms with Gasteiger partial charge in [0.15, 0.2) is 0 Å². The lowest BCUT2D eigenvalue weighted by molar-refractivity contribution is -0.136. The summed E-state index contributed by atoms with van der Waals surface area (Å²) in [6.45, 7) is 3.84. The quantitative estimate of drug-likeness (QED) is 0.382. The number of aromatic nitrogens is 3. The highest BCUT2D eigenvalue weighted by molar-refractivity contribution is 6.17. The van der Waals surface area contributed by atoms with Crippen molar-refractivity contribution in [3.8, 4) is 5.88 Å². The third kappa shape index (κ3) is 4.94. The lowest BCUT2D eigenvalue weighted by Crippen LogP contribution is -2.63. The number of carbonyl (C=O) groups excluding carboxylic acids is 3. The Morgan fingerprint density at radius 2 is 1.80 bits per heavy atom. The molecule has 2 unspecified atom stereocenters.